The zero-order valence-electron chi connectivity index (χ0n) is 51.0. The molecule has 9 aromatic carbocycles. The van der Waals surface area contributed by atoms with Crippen LogP contribution in [0.1, 0.15) is 41.5 Å². The van der Waals surface area contributed by atoms with Crippen LogP contribution in [0.15, 0.2) is 212 Å². The number of aromatic nitrogens is 6. The Hall–Kier alpha value is -7.13. The molecule has 6 heterocycles. The second kappa shape index (κ2) is 26.6. The van der Waals surface area contributed by atoms with Crippen molar-refractivity contribution in [1.29, 1.82) is 0 Å². The molecule has 15 rings (SSSR count). The maximum atomic E-state index is 6.46. The van der Waals surface area contributed by atoms with Crippen LogP contribution in [0.5, 0.6) is 0 Å². The fourth-order valence-electron chi connectivity index (χ4n) is 10.2. The average molecular weight is 1140 g/mol. The Balaban J connectivity index is 0.000000145. The van der Waals surface area contributed by atoms with E-state index in [0.29, 0.717) is 0 Å². The molecule has 0 saturated carbocycles. The summed E-state index contributed by atoms with van der Waals surface area (Å²) >= 11 is 0. The fraction of sp³-hybridized carbons (Fsp3) is 0.197. The van der Waals surface area contributed by atoms with Gasteiger partial charge in [0, 0.05) is 21.5 Å². The van der Waals surface area contributed by atoms with Crippen LogP contribution >= 0.6 is 20.3 Å². The molecule has 83 heavy (non-hydrogen) atoms. The summed E-state index contributed by atoms with van der Waals surface area (Å²) in [5.41, 5.74) is 13.2. The van der Waals surface area contributed by atoms with E-state index < -0.39 is 20.3 Å². The molecule has 3 radical (unpaired) electrons. The first-order chi connectivity index (χ1) is 39.9. The molecule has 0 amide bonds. The molecule has 15 aromatic rings. The molecule has 0 unspecified atom stereocenters. The molecule has 0 aliphatic carbocycles. The van der Waals surface area contributed by atoms with Crippen LogP contribution < -0.4 is 5.30 Å². The minimum atomic E-state index is -1.57. The van der Waals surface area contributed by atoms with Gasteiger partial charge in [-0.2, -0.15) is 0 Å². The third-order valence-electron chi connectivity index (χ3n) is 13.2. The summed E-state index contributed by atoms with van der Waals surface area (Å²) < 4.78 is 6.81. The Labute approximate surface area is 494 Å². The van der Waals surface area contributed by atoms with Crippen molar-refractivity contribution in [2.45, 2.75) is 41.5 Å². The predicted octanol–water partition coefficient (Wildman–Crippen LogP) is 19.4. The first-order valence-corrected chi connectivity index (χ1v) is 37.9. The van der Waals surface area contributed by atoms with Crippen molar-refractivity contribution in [1.82, 2.24) is 28.2 Å². The van der Waals surface area contributed by atoms with Gasteiger partial charge in [-0.15, -0.1) is 0 Å². The van der Waals surface area contributed by atoms with Gasteiger partial charge in [-0.05, 0) is 47.2 Å². The number of fused-ring (bicyclic) bond motifs is 24. The van der Waals surface area contributed by atoms with Gasteiger partial charge in [0.15, 0.2) is 0 Å². The Morgan fingerprint density at radius 1 is 0.265 bits per heavy atom. The molecular formula is C71H77B3N6P3. The maximum absolute atomic E-state index is 6.46. The molecule has 12 heteroatoms. The zero-order chi connectivity index (χ0) is 59.8. The van der Waals surface area contributed by atoms with Gasteiger partial charge in [0.2, 0.25) is 0 Å². The van der Waals surface area contributed by atoms with Gasteiger partial charge < -0.3 is 0 Å². The third kappa shape index (κ3) is 13.5. The van der Waals surface area contributed by atoms with Crippen LogP contribution in [0.4, 0.5) is 0 Å². The minimum Gasteiger partial charge on any atom is -0.292 e. The van der Waals surface area contributed by atoms with E-state index in [1.54, 1.807) is 0 Å². The third-order valence-corrected chi connectivity index (χ3v) is 14.8. The number of imidazole rings is 3. The van der Waals surface area contributed by atoms with Crippen LogP contribution in [0, 0.1) is 0 Å². The normalized spacial score (nSPS) is 11.4. The summed E-state index contributed by atoms with van der Waals surface area (Å²) in [6.45, 7) is 25.4. The summed E-state index contributed by atoms with van der Waals surface area (Å²) in [5.74, 6) is 0. The molecule has 0 bridgehead atoms. The van der Waals surface area contributed by atoms with E-state index in [0.717, 1.165) is 50.0 Å². The maximum Gasteiger partial charge on any atom is 0.146 e. The first-order valence-electron chi connectivity index (χ1n) is 28.8. The molecule has 0 atom stereocenters. The molecule has 0 N–H and O–H groups in total. The standard InChI is InChI=1S/C21H17BN2P.2C19H12N2.2C3H9BP.3C2H6/c1-25(2,22)14-11-12-16-17(13-14)15-7-3-5-9-19(15)24-20-10-6-4-8-18(20)23-21(16)24;2*1-2-9-15-13(7-1)14-8-3-5-11-17(14)21-18-12-6-4-10-16(18)20-19(15)21;2*1-5(2,3)4;3*1-2/h3-13H,1-2H3;2*1-12H;2*1-3H3;3*1-2H3. The van der Waals surface area contributed by atoms with E-state index in [4.69, 9.17) is 36.5 Å². The molecule has 0 aliphatic heterocycles. The Kier molecular flexibility index (Phi) is 19.9. The van der Waals surface area contributed by atoms with E-state index in [1.807, 2.05) is 59.7 Å². The number of hydrogen-bond donors (Lipinski definition) is 0. The largest absolute Gasteiger partial charge is 0.292 e. The number of rotatable bonds is 1. The SMILES string of the molecule is CC.CC.CC.[B]=P(C)(C)C.[B]=P(C)(C)C.[B]=P(C)(C)c1ccc2c(c1)c1ccccc1n1c3ccccc3nc21.c1ccc2c(c1)nc1c3ccccc3c3ccccc3n21.c1ccc2c(c1)nc1c3ccccc3c3ccccc3n21. The summed E-state index contributed by atoms with van der Waals surface area (Å²) in [7, 11) is 17.4. The van der Waals surface area contributed by atoms with Crippen molar-refractivity contribution in [3.8, 4) is 0 Å². The number of pyridine rings is 3. The van der Waals surface area contributed by atoms with E-state index in [2.05, 4.69) is 261 Å². The van der Waals surface area contributed by atoms with Crippen molar-refractivity contribution in [3.05, 3.63) is 212 Å². The van der Waals surface area contributed by atoms with Crippen molar-refractivity contribution >= 4 is 162 Å². The van der Waals surface area contributed by atoms with Gasteiger partial charge in [-0.3, -0.25) is 8.80 Å². The van der Waals surface area contributed by atoms with Crippen molar-refractivity contribution in [2.24, 2.45) is 0 Å². The van der Waals surface area contributed by atoms with Gasteiger partial charge in [0.05, 0.1) is 33.1 Å². The quantitative estimate of drug-likeness (QED) is 0.0935. The van der Waals surface area contributed by atoms with E-state index in [1.165, 1.54) is 70.3 Å². The van der Waals surface area contributed by atoms with E-state index in [9.17, 15) is 0 Å². The van der Waals surface area contributed by atoms with Gasteiger partial charge in [-0.1, -0.05) is 151 Å². The van der Waals surface area contributed by atoms with Crippen molar-refractivity contribution in [3.63, 3.8) is 0 Å². The van der Waals surface area contributed by atoms with Gasteiger partial charge in [0.25, 0.3) is 0 Å². The number of para-hydroxylation sites is 9. The molecule has 0 aliphatic rings. The Morgan fingerprint density at radius 3 is 0.795 bits per heavy atom. The summed E-state index contributed by atoms with van der Waals surface area (Å²) in [6.07, 6.45) is 0. The summed E-state index contributed by atoms with van der Waals surface area (Å²) in [5, 5.41) is 12.3. The molecular weight excluding hydrogens is 1060 g/mol. The second-order valence-corrected chi connectivity index (χ2v) is 34.0. The Morgan fingerprint density at radius 2 is 0.494 bits per heavy atom. The smallest absolute Gasteiger partial charge is 0.146 e. The van der Waals surface area contributed by atoms with E-state index >= 15 is 0 Å². The van der Waals surface area contributed by atoms with E-state index in [-0.39, 0.29) is 0 Å². The zero-order valence-corrected chi connectivity index (χ0v) is 53.6. The molecule has 6 aromatic heterocycles. The fourth-order valence-corrected chi connectivity index (χ4v) is 11.1. The Bertz CT molecular complexity index is 4700. The number of benzene rings is 9. The van der Waals surface area contributed by atoms with Crippen molar-refractivity contribution < 1.29 is 0 Å². The first kappa shape index (κ1) is 61.9. The molecule has 6 nitrogen and oxygen atoms in total. The second-order valence-electron chi connectivity index (χ2n) is 21.9. The molecule has 0 fully saturated rings. The van der Waals surface area contributed by atoms with Crippen LogP contribution in [-0.4, -0.2) is 103 Å². The summed E-state index contributed by atoms with van der Waals surface area (Å²) in [4.78, 5) is 14.6. The van der Waals surface area contributed by atoms with Gasteiger partial charge in [-0.25, -0.2) is 9.97 Å². The van der Waals surface area contributed by atoms with Gasteiger partial charge >= 0.3 is 215 Å². The van der Waals surface area contributed by atoms with Crippen LogP contribution in [0.2, 0.25) is 0 Å². The average Bonchev–Trinajstić information content (AvgIpc) is 3.53. The molecule has 415 valence electrons. The predicted molar refractivity (Wildman–Crippen MR) is 382 cm³/mol. The van der Waals surface area contributed by atoms with Crippen LogP contribution in [0.3, 0.4) is 0 Å². The van der Waals surface area contributed by atoms with Gasteiger partial charge in [0.1, 0.15) is 11.3 Å². The summed E-state index contributed by atoms with van der Waals surface area (Å²) in [6, 6.07) is 74.2. The van der Waals surface area contributed by atoms with Crippen LogP contribution in [-0.2, 0) is 0 Å². The number of hydrogen-bond acceptors (Lipinski definition) is 3. The topological polar surface area (TPSA) is 51.9 Å². The monoisotopic (exact) mass is 1140 g/mol. The minimum absolute atomic E-state index is 0.889. The van der Waals surface area contributed by atoms with Crippen LogP contribution in [0.25, 0.3) is 115 Å². The molecule has 0 spiro atoms. The van der Waals surface area contributed by atoms with Crippen molar-refractivity contribution in [2.75, 3.05) is 53.3 Å². The molecule has 0 saturated heterocycles. The number of nitrogens with zero attached hydrogens (tertiary/aromatic N) is 6.